The van der Waals surface area contributed by atoms with Crippen LogP contribution in [0.15, 0.2) is 0 Å². The molecule has 0 aliphatic carbocycles. The number of piperidine rings is 1. The highest BCUT2D eigenvalue weighted by molar-refractivity contribution is 5.82. The van der Waals surface area contributed by atoms with Gasteiger partial charge in [0.2, 0.25) is 5.91 Å². The number of carbonyl (C=O) groups is 1. The summed E-state index contributed by atoms with van der Waals surface area (Å²) in [4.78, 5) is 14.0. The van der Waals surface area contributed by atoms with Crippen LogP contribution in [0.2, 0.25) is 0 Å². The fourth-order valence-corrected chi connectivity index (χ4v) is 2.43. The lowest BCUT2D eigenvalue weighted by Crippen LogP contribution is -2.54. The number of carbonyl (C=O) groups excluding carboxylic acids is 1. The number of hydrogen-bond donors (Lipinski definition) is 1. The van der Waals surface area contributed by atoms with Gasteiger partial charge in [-0.15, -0.1) is 12.3 Å². The minimum atomic E-state index is -0.537. The Labute approximate surface area is 98.4 Å². The smallest absolute Gasteiger partial charge is 0.240 e. The van der Waals surface area contributed by atoms with E-state index in [-0.39, 0.29) is 11.9 Å². The van der Waals surface area contributed by atoms with E-state index in [4.69, 9.17) is 12.2 Å². The topological polar surface area (TPSA) is 46.3 Å². The predicted molar refractivity (Wildman–Crippen MR) is 65.5 cm³/mol. The molecule has 3 nitrogen and oxygen atoms in total. The molecule has 0 aromatic heterocycles. The van der Waals surface area contributed by atoms with Crippen LogP contribution >= 0.6 is 0 Å². The molecule has 2 N–H and O–H groups in total. The molecule has 0 aromatic rings. The van der Waals surface area contributed by atoms with Crippen molar-refractivity contribution in [3.05, 3.63) is 0 Å². The molecular weight excluding hydrogens is 200 g/mol. The third-order valence-corrected chi connectivity index (χ3v) is 3.54. The van der Waals surface area contributed by atoms with Crippen molar-refractivity contribution in [2.24, 2.45) is 17.6 Å². The van der Waals surface area contributed by atoms with Crippen molar-refractivity contribution in [2.75, 3.05) is 6.54 Å². The average molecular weight is 222 g/mol. The van der Waals surface area contributed by atoms with Gasteiger partial charge in [-0.2, -0.15) is 0 Å². The number of nitrogens with two attached hydrogens (primary N) is 1. The van der Waals surface area contributed by atoms with Crippen molar-refractivity contribution >= 4 is 5.91 Å². The summed E-state index contributed by atoms with van der Waals surface area (Å²) in [6.45, 7) is 7.27. The lowest BCUT2D eigenvalue weighted by molar-refractivity contribution is -0.138. The molecule has 1 rings (SSSR count). The number of rotatable bonds is 2. The van der Waals surface area contributed by atoms with Crippen LogP contribution in [0, 0.1) is 24.2 Å². The van der Waals surface area contributed by atoms with Crippen molar-refractivity contribution in [3.63, 3.8) is 0 Å². The highest BCUT2D eigenvalue weighted by atomic mass is 16.2. The van der Waals surface area contributed by atoms with Crippen LogP contribution in [0.4, 0.5) is 0 Å². The normalized spacial score (nSPS) is 31.9. The molecule has 1 amide bonds. The van der Waals surface area contributed by atoms with E-state index in [2.05, 4.69) is 26.7 Å². The second-order valence-corrected chi connectivity index (χ2v) is 5.06. The molecule has 3 heteroatoms. The summed E-state index contributed by atoms with van der Waals surface area (Å²) < 4.78 is 0. The molecule has 1 aliphatic heterocycles. The summed E-state index contributed by atoms with van der Waals surface area (Å²) in [7, 11) is 0. The van der Waals surface area contributed by atoms with E-state index in [1.165, 1.54) is 6.42 Å². The van der Waals surface area contributed by atoms with Crippen molar-refractivity contribution < 1.29 is 4.79 Å². The Bertz CT molecular complexity index is 295. The number of hydrogen-bond acceptors (Lipinski definition) is 2. The van der Waals surface area contributed by atoms with E-state index in [1.54, 1.807) is 0 Å². The summed E-state index contributed by atoms with van der Waals surface area (Å²) >= 11 is 0. The lowest BCUT2D eigenvalue weighted by Gasteiger charge is -2.42. The molecule has 16 heavy (non-hydrogen) atoms. The molecule has 0 radical (unpaired) electrons. The summed E-state index contributed by atoms with van der Waals surface area (Å²) in [5.41, 5.74) is 5.78. The third-order valence-electron chi connectivity index (χ3n) is 3.54. The number of amides is 1. The van der Waals surface area contributed by atoms with Crippen molar-refractivity contribution in [2.45, 2.75) is 45.7 Å². The maximum atomic E-state index is 12.1. The molecule has 90 valence electrons. The Hall–Kier alpha value is -1.01. The minimum absolute atomic E-state index is 0.00356. The quantitative estimate of drug-likeness (QED) is 0.714. The zero-order valence-electron chi connectivity index (χ0n) is 10.4. The van der Waals surface area contributed by atoms with Gasteiger partial charge in [0.1, 0.15) is 0 Å². The van der Waals surface area contributed by atoms with Gasteiger partial charge in [0.05, 0.1) is 6.04 Å². The predicted octanol–water partition coefficient (Wildman–Crippen LogP) is 1.23. The second kappa shape index (κ2) is 5.36. The Morgan fingerprint density at radius 3 is 2.75 bits per heavy atom. The molecule has 4 unspecified atom stereocenters. The minimum Gasteiger partial charge on any atom is -0.338 e. The maximum Gasteiger partial charge on any atom is 0.240 e. The van der Waals surface area contributed by atoms with Crippen molar-refractivity contribution in [1.82, 2.24) is 4.90 Å². The SMILES string of the molecule is C#CCC(N)C(=O)N1CC(C)CC(C)C1C. The highest BCUT2D eigenvalue weighted by Crippen LogP contribution is 2.27. The van der Waals surface area contributed by atoms with Gasteiger partial charge >= 0.3 is 0 Å². The number of terminal acetylenes is 1. The lowest BCUT2D eigenvalue weighted by atomic mass is 9.85. The van der Waals surface area contributed by atoms with Crippen molar-refractivity contribution in [3.8, 4) is 12.3 Å². The van der Waals surface area contributed by atoms with Crippen molar-refractivity contribution in [1.29, 1.82) is 0 Å². The monoisotopic (exact) mass is 222 g/mol. The van der Waals surface area contributed by atoms with E-state index in [0.717, 1.165) is 6.54 Å². The summed E-state index contributed by atoms with van der Waals surface area (Å²) in [5.74, 6) is 3.54. The molecule has 0 aromatic carbocycles. The van der Waals surface area contributed by atoms with Gasteiger partial charge in [0.15, 0.2) is 0 Å². The largest absolute Gasteiger partial charge is 0.338 e. The van der Waals surface area contributed by atoms with E-state index in [1.807, 2.05) is 4.90 Å². The fraction of sp³-hybridized carbons (Fsp3) is 0.769. The number of nitrogens with zero attached hydrogens (tertiary/aromatic N) is 1. The Balaban J connectivity index is 2.70. The zero-order chi connectivity index (χ0) is 12.3. The Morgan fingerprint density at radius 2 is 2.19 bits per heavy atom. The van der Waals surface area contributed by atoms with Gasteiger partial charge in [0, 0.05) is 19.0 Å². The zero-order valence-corrected chi connectivity index (χ0v) is 10.4. The van der Waals surface area contributed by atoms with Crippen LogP contribution in [0.1, 0.15) is 33.6 Å². The summed E-state index contributed by atoms with van der Waals surface area (Å²) in [6.07, 6.45) is 6.69. The Kier molecular flexibility index (Phi) is 4.37. The van der Waals surface area contributed by atoms with Crippen LogP contribution < -0.4 is 5.73 Å². The van der Waals surface area contributed by atoms with Gasteiger partial charge in [0.25, 0.3) is 0 Å². The average Bonchev–Trinajstić information content (AvgIpc) is 2.22. The molecule has 0 spiro atoms. The van der Waals surface area contributed by atoms with Gasteiger partial charge in [-0.3, -0.25) is 4.79 Å². The van der Waals surface area contributed by atoms with Crippen LogP contribution in [0.5, 0.6) is 0 Å². The molecule has 1 aliphatic rings. The molecule has 0 bridgehead atoms. The molecule has 1 fully saturated rings. The first kappa shape index (κ1) is 13.1. The van der Waals surface area contributed by atoms with Crippen LogP contribution in [0.3, 0.4) is 0 Å². The second-order valence-electron chi connectivity index (χ2n) is 5.06. The maximum absolute atomic E-state index is 12.1. The Morgan fingerprint density at radius 1 is 1.56 bits per heavy atom. The molecule has 1 heterocycles. The third kappa shape index (κ3) is 2.76. The van der Waals surface area contributed by atoms with E-state index in [0.29, 0.717) is 18.3 Å². The first-order valence-electron chi connectivity index (χ1n) is 5.96. The summed E-state index contributed by atoms with van der Waals surface area (Å²) in [6, 6.07) is -0.266. The van der Waals surface area contributed by atoms with E-state index >= 15 is 0 Å². The first-order valence-corrected chi connectivity index (χ1v) is 5.96. The molecule has 0 saturated carbocycles. The van der Waals surface area contributed by atoms with Gasteiger partial charge in [-0.1, -0.05) is 13.8 Å². The first-order chi connectivity index (χ1) is 7.47. The summed E-state index contributed by atoms with van der Waals surface area (Å²) in [5, 5.41) is 0. The van der Waals surface area contributed by atoms with Gasteiger partial charge in [-0.25, -0.2) is 0 Å². The van der Waals surface area contributed by atoms with Gasteiger partial charge < -0.3 is 10.6 Å². The molecular formula is C13H22N2O. The highest BCUT2D eigenvalue weighted by Gasteiger charge is 2.33. The molecule has 4 atom stereocenters. The molecule has 1 saturated heterocycles. The van der Waals surface area contributed by atoms with Crippen LogP contribution in [-0.4, -0.2) is 29.4 Å². The van der Waals surface area contributed by atoms with Crippen LogP contribution in [0.25, 0.3) is 0 Å². The van der Waals surface area contributed by atoms with E-state index in [9.17, 15) is 4.79 Å². The number of likely N-dealkylation sites (tertiary alicyclic amines) is 1. The standard InChI is InChI=1S/C13H22N2O/c1-5-6-12(14)13(16)15-8-9(2)7-10(3)11(15)4/h1,9-12H,6-8,14H2,2-4H3. The fourth-order valence-electron chi connectivity index (χ4n) is 2.43. The van der Waals surface area contributed by atoms with Crippen LogP contribution in [-0.2, 0) is 4.79 Å². The van der Waals surface area contributed by atoms with E-state index < -0.39 is 6.04 Å². The van der Waals surface area contributed by atoms with Gasteiger partial charge in [-0.05, 0) is 25.2 Å².